The summed E-state index contributed by atoms with van der Waals surface area (Å²) in [5.74, 6) is -1.54. The molecule has 2 aromatic rings. The lowest BCUT2D eigenvalue weighted by Crippen LogP contribution is -2.34. The SMILES string of the molecule is COc1ccccc1CC(CNC(=O)c1cnsn1)C(=O)O. The highest BCUT2D eigenvalue weighted by molar-refractivity contribution is 6.99. The number of carbonyl (C=O) groups is 2. The number of nitrogens with zero attached hydrogens (tertiary/aromatic N) is 2. The fraction of sp³-hybridized carbons (Fsp3) is 0.286. The minimum atomic E-state index is -0.984. The van der Waals surface area contributed by atoms with Gasteiger partial charge in [0.1, 0.15) is 5.75 Å². The van der Waals surface area contributed by atoms with Gasteiger partial charge in [0.05, 0.1) is 31.0 Å². The molecule has 1 unspecified atom stereocenters. The monoisotopic (exact) mass is 321 g/mol. The lowest BCUT2D eigenvalue weighted by Gasteiger charge is -2.15. The van der Waals surface area contributed by atoms with E-state index in [1.54, 1.807) is 12.1 Å². The van der Waals surface area contributed by atoms with Crippen molar-refractivity contribution >= 4 is 23.6 Å². The van der Waals surface area contributed by atoms with Crippen molar-refractivity contribution < 1.29 is 19.4 Å². The Morgan fingerprint density at radius 2 is 2.18 bits per heavy atom. The molecule has 0 fully saturated rings. The topological polar surface area (TPSA) is 101 Å². The molecule has 0 aliphatic rings. The van der Waals surface area contributed by atoms with Gasteiger partial charge in [-0.3, -0.25) is 9.59 Å². The minimum Gasteiger partial charge on any atom is -0.496 e. The lowest BCUT2D eigenvalue weighted by molar-refractivity contribution is -0.141. The van der Waals surface area contributed by atoms with Crippen LogP contribution in [0.25, 0.3) is 0 Å². The van der Waals surface area contributed by atoms with E-state index < -0.39 is 17.8 Å². The largest absolute Gasteiger partial charge is 0.496 e. The summed E-state index contributed by atoms with van der Waals surface area (Å²) in [4.78, 5) is 23.2. The Kier molecular flexibility index (Phi) is 5.42. The van der Waals surface area contributed by atoms with Crippen LogP contribution in [-0.2, 0) is 11.2 Å². The molecule has 116 valence electrons. The Labute approximate surface area is 131 Å². The Morgan fingerprint density at radius 1 is 1.41 bits per heavy atom. The van der Waals surface area contributed by atoms with Crippen LogP contribution in [-0.4, -0.2) is 39.4 Å². The number of hydrogen-bond donors (Lipinski definition) is 2. The summed E-state index contributed by atoms with van der Waals surface area (Å²) in [5.41, 5.74) is 0.966. The second kappa shape index (κ2) is 7.51. The van der Waals surface area contributed by atoms with E-state index in [9.17, 15) is 14.7 Å². The Bertz CT molecular complexity index is 645. The third kappa shape index (κ3) is 4.01. The molecular formula is C14H15N3O4S. The van der Waals surface area contributed by atoms with Gasteiger partial charge in [0.15, 0.2) is 5.69 Å². The molecule has 0 aliphatic heterocycles. The summed E-state index contributed by atoms with van der Waals surface area (Å²) in [6.45, 7) is 0.00371. The van der Waals surface area contributed by atoms with E-state index in [1.165, 1.54) is 13.3 Å². The predicted octanol–water partition coefficient (Wildman–Crippen LogP) is 1.22. The molecule has 2 rings (SSSR count). The quantitative estimate of drug-likeness (QED) is 0.795. The highest BCUT2D eigenvalue weighted by Gasteiger charge is 2.21. The highest BCUT2D eigenvalue weighted by atomic mass is 32.1. The van der Waals surface area contributed by atoms with Gasteiger partial charge in [-0.1, -0.05) is 18.2 Å². The summed E-state index contributed by atoms with van der Waals surface area (Å²) in [6, 6.07) is 7.21. The molecule has 1 amide bonds. The van der Waals surface area contributed by atoms with Gasteiger partial charge >= 0.3 is 5.97 Å². The van der Waals surface area contributed by atoms with E-state index in [0.29, 0.717) is 5.75 Å². The van der Waals surface area contributed by atoms with Crippen LogP contribution in [0.4, 0.5) is 0 Å². The molecule has 0 saturated carbocycles. The number of aliphatic carboxylic acids is 1. The first-order valence-corrected chi connectivity index (χ1v) is 7.25. The molecule has 0 aliphatic carbocycles. The summed E-state index contributed by atoms with van der Waals surface area (Å²) < 4.78 is 12.7. The van der Waals surface area contributed by atoms with Gasteiger partial charge in [-0.25, -0.2) is 0 Å². The first kappa shape index (κ1) is 15.9. The standard InChI is InChI=1S/C14H15N3O4S/c1-21-12-5-3-2-4-9(12)6-10(14(19)20)7-15-13(18)11-8-16-22-17-11/h2-5,8,10H,6-7H2,1H3,(H,15,18)(H,19,20). The summed E-state index contributed by atoms with van der Waals surface area (Å²) in [6.07, 6.45) is 1.60. The van der Waals surface area contributed by atoms with Crippen LogP contribution in [0.2, 0.25) is 0 Å². The fourth-order valence-corrected chi connectivity index (χ4v) is 2.37. The molecule has 1 atom stereocenters. The summed E-state index contributed by atoms with van der Waals surface area (Å²) in [7, 11) is 1.53. The molecule has 1 heterocycles. The van der Waals surface area contributed by atoms with Crippen LogP contribution >= 0.6 is 11.7 Å². The fourth-order valence-electron chi connectivity index (χ4n) is 1.96. The number of nitrogens with one attached hydrogen (secondary N) is 1. The molecule has 1 aromatic carbocycles. The van der Waals surface area contributed by atoms with Gasteiger partial charge in [0.25, 0.3) is 5.91 Å². The van der Waals surface area contributed by atoms with Crippen molar-refractivity contribution in [3.8, 4) is 5.75 Å². The van der Waals surface area contributed by atoms with Gasteiger partial charge in [0.2, 0.25) is 0 Å². The Hall–Kier alpha value is -2.48. The van der Waals surface area contributed by atoms with Crippen LogP contribution in [0, 0.1) is 5.92 Å². The minimum absolute atomic E-state index is 0.00371. The number of ether oxygens (including phenoxy) is 1. The molecule has 2 N–H and O–H groups in total. The molecule has 0 saturated heterocycles. The molecule has 0 spiro atoms. The lowest BCUT2D eigenvalue weighted by atomic mass is 9.98. The zero-order valence-corrected chi connectivity index (χ0v) is 12.7. The molecule has 0 bridgehead atoms. The highest BCUT2D eigenvalue weighted by Crippen LogP contribution is 2.21. The zero-order chi connectivity index (χ0) is 15.9. The molecular weight excluding hydrogens is 306 g/mol. The third-order valence-electron chi connectivity index (χ3n) is 3.11. The predicted molar refractivity (Wildman–Crippen MR) is 80.1 cm³/mol. The van der Waals surface area contributed by atoms with E-state index in [2.05, 4.69) is 14.1 Å². The maximum atomic E-state index is 11.8. The number of aromatic nitrogens is 2. The molecule has 7 nitrogen and oxygen atoms in total. The van der Waals surface area contributed by atoms with Crippen molar-refractivity contribution in [3.63, 3.8) is 0 Å². The van der Waals surface area contributed by atoms with Gasteiger partial charge in [-0.05, 0) is 18.1 Å². The summed E-state index contributed by atoms with van der Waals surface area (Å²) in [5, 5.41) is 11.9. The van der Waals surface area contributed by atoms with Crippen LogP contribution in [0.5, 0.6) is 5.75 Å². The van der Waals surface area contributed by atoms with Crippen LogP contribution < -0.4 is 10.1 Å². The number of hydrogen-bond acceptors (Lipinski definition) is 6. The van der Waals surface area contributed by atoms with Gasteiger partial charge in [-0.2, -0.15) is 8.75 Å². The van der Waals surface area contributed by atoms with Crippen molar-refractivity contribution in [2.75, 3.05) is 13.7 Å². The van der Waals surface area contributed by atoms with E-state index in [-0.39, 0.29) is 18.7 Å². The van der Waals surface area contributed by atoms with E-state index >= 15 is 0 Å². The van der Waals surface area contributed by atoms with E-state index in [0.717, 1.165) is 17.3 Å². The summed E-state index contributed by atoms with van der Waals surface area (Å²) >= 11 is 0.922. The van der Waals surface area contributed by atoms with Crippen LogP contribution in [0.1, 0.15) is 16.1 Å². The van der Waals surface area contributed by atoms with Crippen molar-refractivity contribution in [2.24, 2.45) is 5.92 Å². The van der Waals surface area contributed by atoms with Crippen molar-refractivity contribution in [1.82, 2.24) is 14.1 Å². The van der Waals surface area contributed by atoms with Crippen LogP contribution in [0.3, 0.4) is 0 Å². The third-order valence-corrected chi connectivity index (χ3v) is 3.59. The number of benzene rings is 1. The van der Waals surface area contributed by atoms with Crippen LogP contribution in [0.15, 0.2) is 30.5 Å². The van der Waals surface area contributed by atoms with Crippen molar-refractivity contribution in [1.29, 1.82) is 0 Å². The molecule has 22 heavy (non-hydrogen) atoms. The Balaban J connectivity index is 2.01. The number of methoxy groups -OCH3 is 1. The van der Waals surface area contributed by atoms with Gasteiger partial charge in [-0.15, -0.1) is 0 Å². The number of rotatable bonds is 7. The number of carboxylic acid groups (broad SMARTS) is 1. The second-order valence-corrected chi connectivity index (χ2v) is 5.11. The zero-order valence-electron chi connectivity index (χ0n) is 11.9. The number of carboxylic acids is 1. The number of para-hydroxylation sites is 1. The van der Waals surface area contributed by atoms with Crippen molar-refractivity contribution in [3.05, 3.63) is 41.7 Å². The first-order chi connectivity index (χ1) is 10.6. The average molecular weight is 321 g/mol. The van der Waals surface area contributed by atoms with Crippen molar-refractivity contribution in [2.45, 2.75) is 6.42 Å². The average Bonchev–Trinajstić information content (AvgIpc) is 3.05. The normalized spacial score (nSPS) is 11.7. The molecule has 8 heteroatoms. The van der Waals surface area contributed by atoms with Gasteiger partial charge in [0, 0.05) is 6.54 Å². The maximum absolute atomic E-state index is 11.8. The molecule has 1 aromatic heterocycles. The molecule has 0 radical (unpaired) electrons. The maximum Gasteiger partial charge on any atom is 0.308 e. The number of amides is 1. The smallest absolute Gasteiger partial charge is 0.308 e. The Morgan fingerprint density at radius 3 is 2.82 bits per heavy atom. The van der Waals surface area contributed by atoms with E-state index in [1.807, 2.05) is 12.1 Å². The number of carbonyl (C=O) groups excluding carboxylic acids is 1. The van der Waals surface area contributed by atoms with E-state index in [4.69, 9.17) is 4.74 Å². The second-order valence-electron chi connectivity index (χ2n) is 4.55. The van der Waals surface area contributed by atoms with Gasteiger partial charge < -0.3 is 15.2 Å². The first-order valence-electron chi connectivity index (χ1n) is 6.52.